The zero-order valence-corrected chi connectivity index (χ0v) is 13.8. The van der Waals surface area contributed by atoms with Crippen LogP contribution in [-0.4, -0.2) is 20.6 Å². The van der Waals surface area contributed by atoms with Gasteiger partial charge in [-0.15, -0.1) is 11.3 Å². The van der Waals surface area contributed by atoms with Crippen molar-refractivity contribution in [2.24, 2.45) is 0 Å². The molecule has 5 nitrogen and oxygen atoms in total. The number of benzene rings is 1. The number of aliphatic hydroxyl groups excluding tert-OH is 1. The van der Waals surface area contributed by atoms with E-state index in [1.165, 1.54) is 24.5 Å². The lowest BCUT2D eigenvalue weighted by atomic mass is 10.3. The SMILES string of the molecule is COc1ccc(Cl)c(NS(=O)(=O)c2c(C)csc2CO)c1. The Labute approximate surface area is 132 Å². The van der Waals surface area contributed by atoms with Gasteiger partial charge < -0.3 is 9.84 Å². The number of sulfonamides is 1. The van der Waals surface area contributed by atoms with E-state index in [0.29, 0.717) is 16.2 Å². The largest absolute Gasteiger partial charge is 0.497 e. The molecule has 21 heavy (non-hydrogen) atoms. The number of aliphatic hydroxyl groups is 1. The Bertz CT molecular complexity index is 756. The zero-order valence-electron chi connectivity index (χ0n) is 11.4. The van der Waals surface area contributed by atoms with E-state index in [4.69, 9.17) is 16.3 Å². The second kappa shape index (κ2) is 6.23. The Morgan fingerprint density at radius 1 is 1.43 bits per heavy atom. The minimum atomic E-state index is -3.83. The summed E-state index contributed by atoms with van der Waals surface area (Å²) < 4.78 is 32.5. The van der Waals surface area contributed by atoms with Crippen LogP contribution in [-0.2, 0) is 16.6 Å². The van der Waals surface area contributed by atoms with Crippen molar-refractivity contribution in [1.29, 1.82) is 0 Å². The van der Waals surface area contributed by atoms with E-state index >= 15 is 0 Å². The molecule has 1 heterocycles. The predicted molar refractivity (Wildman–Crippen MR) is 83.8 cm³/mol. The first-order valence-corrected chi connectivity index (χ1v) is 8.67. The van der Waals surface area contributed by atoms with Crippen molar-refractivity contribution in [1.82, 2.24) is 0 Å². The van der Waals surface area contributed by atoms with Gasteiger partial charge in [0, 0.05) is 6.07 Å². The van der Waals surface area contributed by atoms with Gasteiger partial charge in [-0.05, 0) is 30.0 Å². The van der Waals surface area contributed by atoms with E-state index in [-0.39, 0.29) is 22.2 Å². The molecule has 0 saturated carbocycles. The summed E-state index contributed by atoms with van der Waals surface area (Å²) in [6.07, 6.45) is 0. The van der Waals surface area contributed by atoms with Crippen LogP contribution in [0.1, 0.15) is 10.4 Å². The lowest BCUT2D eigenvalue weighted by Gasteiger charge is -2.12. The summed E-state index contributed by atoms with van der Waals surface area (Å²) in [5.74, 6) is 0.488. The van der Waals surface area contributed by atoms with Crippen LogP contribution in [0.2, 0.25) is 5.02 Å². The van der Waals surface area contributed by atoms with Crippen LogP contribution >= 0.6 is 22.9 Å². The van der Waals surface area contributed by atoms with Gasteiger partial charge in [0.15, 0.2) is 0 Å². The molecule has 0 spiro atoms. The highest BCUT2D eigenvalue weighted by Gasteiger charge is 2.23. The van der Waals surface area contributed by atoms with Crippen molar-refractivity contribution in [2.45, 2.75) is 18.4 Å². The van der Waals surface area contributed by atoms with Gasteiger partial charge in [-0.2, -0.15) is 0 Å². The van der Waals surface area contributed by atoms with Crippen molar-refractivity contribution in [3.05, 3.63) is 39.0 Å². The lowest BCUT2D eigenvalue weighted by molar-refractivity contribution is 0.282. The minimum absolute atomic E-state index is 0.0916. The third-order valence-corrected chi connectivity index (χ3v) is 5.96. The first-order valence-electron chi connectivity index (χ1n) is 5.93. The molecule has 8 heteroatoms. The normalized spacial score (nSPS) is 11.4. The molecule has 2 N–H and O–H groups in total. The number of hydrogen-bond acceptors (Lipinski definition) is 5. The average Bonchev–Trinajstić information content (AvgIpc) is 2.83. The van der Waals surface area contributed by atoms with Gasteiger partial charge in [0.25, 0.3) is 10.0 Å². The summed E-state index contributed by atoms with van der Waals surface area (Å²) in [4.78, 5) is 0.480. The Morgan fingerprint density at radius 3 is 2.76 bits per heavy atom. The fourth-order valence-corrected chi connectivity index (χ4v) is 4.82. The van der Waals surface area contributed by atoms with Gasteiger partial charge in [-0.1, -0.05) is 11.6 Å². The quantitative estimate of drug-likeness (QED) is 0.871. The maximum Gasteiger partial charge on any atom is 0.263 e. The highest BCUT2D eigenvalue weighted by molar-refractivity contribution is 7.93. The summed E-state index contributed by atoms with van der Waals surface area (Å²) in [5.41, 5.74) is 0.807. The Kier molecular flexibility index (Phi) is 4.77. The fourth-order valence-electron chi connectivity index (χ4n) is 1.86. The van der Waals surface area contributed by atoms with Crippen molar-refractivity contribution in [3.8, 4) is 5.75 Å². The molecular formula is C13H14ClNO4S2. The van der Waals surface area contributed by atoms with Crippen LogP contribution in [0.4, 0.5) is 5.69 Å². The third-order valence-electron chi connectivity index (χ3n) is 2.82. The maximum absolute atomic E-state index is 12.5. The molecule has 0 radical (unpaired) electrons. The van der Waals surface area contributed by atoms with Crippen molar-refractivity contribution in [2.75, 3.05) is 11.8 Å². The zero-order chi connectivity index (χ0) is 15.6. The van der Waals surface area contributed by atoms with Crippen LogP contribution < -0.4 is 9.46 Å². The predicted octanol–water partition coefficient (Wildman–Crippen LogP) is 3.01. The van der Waals surface area contributed by atoms with E-state index in [9.17, 15) is 13.5 Å². The molecule has 0 aliphatic heterocycles. The van der Waals surface area contributed by atoms with Crippen molar-refractivity contribution >= 4 is 38.6 Å². The van der Waals surface area contributed by atoms with E-state index < -0.39 is 10.0 Å². The Balaban J connectivity index is 2.44. The number of methoxy groups -OCH3 is 1. The molecule has 0 aliphatic rings. The smallest absolute Gasteiger partial charge is 0.263 e. The van der Waals surface area contributed by atoms with Gasteiger partial charge in [-0.25, -0.2) is 8.42 Å². The molecule has 0 saturated heterocycles. The van der Waals surface area contributed by atoms with Crippen molar-refractivity contribution < 1.29 is 18.3 Å². The van der Waals surface area contributed by atoms with Gasteiger partial charge in [0.05, 0.1) is 29.3 Å². The fraction of sp³-hybridized carbons (Fsp3) is 0.231. The number of anilines is 1. The number of thiophene rings is 1. The van der Waals surface area contributed by atoms with E-state index in [1.54, 1.807) is 24.4 Å². The number of halogens is 1. The van der Waals surface area contributed by atoms with Crippen LogP contribution in [0, 0.1) is 6.92 Å². The average molecular weight is 348 g/mol. The second-order valence-corrected chi connectivity index (χ2v) is 7.27. The van der Waals surface area contributed by atoms with Gasteiger partial charge in [0.1, 0.15) is 10.6 Å². The highest BCUT2D eigenvalue weighted by Crippen LogP contribution is 2.32. The molecule has 2 rings (SSSR count). The molecule has 0 amide bonds. The van der Waals surface area contributed by atoms with Crippen LogP contribution in [0.15, 0.2) is 28.5 Å². The first-order chi connectivity index (χ1) is 9.89. The summed E-state index contributed by atoms with van der Waals surface area (Å²) in [5, 5.41) is 11.2. The van der Waals surface area contributed by atoms with E-state index in [0.717, 1.165) is 0 Å². The first kappa shape index (κ1) is 16.1. The lowest BCUT2D eigenvalue weighted by Crippen LogP contribution is -2.15. The standard InChI is InChI=1S/C13H14ClNO4S2/c1-8-7-20-12(6-16)13(8)21(17,18)15-11-5-9(19-2)3-4-10(11)14/h3-5,7,15-16H,6H2,1-2H3. The molecule has 0 atom stereocenters. The number of ether oxygens (including phenoxy) is 1. The summed E-state index contributed by atoms with van der Waals surface area (Å²) in [6, 6.07) is 4.68. The van der Waals surface area contributed by atoms with E-state index in [2.05, 4.69) is 4.72 Å². The van der Waals surface area contributed by atoms with Gasteiger partial charge in [0.2, 0.25) is 0 Å². The minimum Gasteiger partial charge on any atom is -0.497 e. The van der Waals surface area contributed by atoms with Crippen LogP contribution in [0.5, 0.6) is 5.75 Å². The van der Waals surface area contributed by atoms with Crippen LogP contribution in [0.25, 0.3) is 0 Å². The number of nitrogens with one attached hydrogen (secondary N) is 1. The van der Waals surface area contributed by atoms with Crippen molar-refractivity contribution in [3.63, 3.8) is 0 Å². The maximum atomic E-state index is 12.5. The topological polar surface area (TPSA) is 75.6 Å². The summed E-state index contributed by atoms with van der Waals surface area (Å²) in [6.45, 7) is 1.35. The summed E-state index contributed by atoms with van der Waals surface area (Å²) >= 11 is 7.20. The molecule has 0 bridgehead atoms. The number of hydrogen-bond donors (Lipinski definition) is 2. The molecule has 1 aromatic carbocycles. The molecule has 0 unspecified atom stereocenters. The van der Waals surface area contributed by atoms with E-state index in [1.807, 2.05) is 0 Å². The molecular weight excluding hydrogens is 334 g/mol. The number of rotatable bonds is 5. The molecule has 114 valence electrons. The molecule has 0 aliphatic carbocycles. The number of aryl methyl sites for hydroxylation is 1. The molecule has 1 aromatic heterocycles. The Hall–Kier alpha value is -1.28. The monoisotopic (exact) mass is 347 g/mol. The van der Waals surface area contributed by atoms with Gasteiger partial charge in [-0.3, -0.25) is 4.72 Å². The molecule has 0 fully saturated rings. The van der Waals surface area contributed by atoms with Gasteiger partial charge >= 0.3 is 0 Å². The second-order valence-electron chi connectivity index (χ2n) is 4.28. The van der Waals surface area contributed by atoms with Crippen LogP contribution in [0.3, 0.4) is 0 Å². The summed E-state index contributed by atoms with van der Waals surface area (Å²) in [7, 11) is -2.35. The molecule has 2 aromatic rings. The third kappa shape index (κ3) is 3.32. The Morgan fingerprint density at radius 2 is 2.14 bits per heavy atom. The highest BCUT2D eigenvalue weighted by atomic mass is 35.5.